The molecular formula is C11H10F2N4O2. The lowest BCUT2D eigenvalue weighted by molar-refractivity contribution is 0.0996. The molecule has 1 amide bonds. The number of nitrogens with two attached hydrogens (primary N) is 1. The monoisotopic (exact) mass is 268 g/mol. The van der Waals surface area contributed by atoms with E-state index in [-0.39, 0.29) is 29.3 Å². The van der Waals surface area contributed by atoms with Gasteiger partial charge < -0.3 is 10.5 Å². The SMILES string of the molecule is CCOc1ccc(F)c(F)c1-c1n[nH]nc1C(N)=O. The molecule has 19 heavy (non-hydrogen) atoms. The number of rotatable bonds is 4. The van der Waals surface area contributed by atoms with Crippen LogP contribution >= 0.6 is 0 Å². The Morgan fingerprint density at radius 1 is 1.42 bits per heavy atom. The molecule has 0 spiro atoms. The molecule has 100 valence electrons. The van der Waals surface area contributed by atoms with Crippen molar-refractivity contribution in [2.45, 2.75) is 6.92 Å². The van der Waals surface area contributed by atoms with E-state index in [0.29, 0.717) is 0 Å². The number of hydrogen-bond acceptors (Lipinski definition) is 4. The molecular weight excluding hydrogens is 258 g/mol. The number of carbonyl (C=O) groups excluding carboxylic acids is 1. The van der Waals surface area contributed by atoms with Gasteiger partial charge in [-0.1, -0.05) is 0 Å². The standard InChI is InChI=1S/C11H10F2N4O2/c1-2-19-6-4-3-5(12)8(13)7(6)9-10(11(14)18)16-17-15-9/h3-4H,2H2,1H3,(H2,14,18)(H,15,16,17). The Hall–Kier alpha value is -2.51. The van der Waals surface area contributed by atoms with E-state index in [1.807, 2.05) is 0 Å². The van der Waals surface area contributed by atoms with Crippen LogP contribution in [0.3, 0.4) is 0 Å². The summed E-state index contributed by atoms with van der Waals surface area (Å²) in [6, 6.07) is 2.17. The molecule has 0 aliphatic heterocycles. The molecule has 0 saturated heterocycles. The van der Waals surface area contributed by atoms with Crippen LogP contribution in [0.2, 0.25) is 0 Å². The molecule has 0 fully saturated rings. The normalized spacial score (nSPS) is 10.5. The minimum absolute atomic E-state index is 0.0535. The van der Waals surface area contributed by atoms with Gasteiger partial charge in [0.2, 0.25) is 0 Å². The molecule has 6 nitrogen and oxygen atoms in total. The molecule has 2 aromatic rings. The average molecular weight is 268 g/mol. The highest BCUT2D eigenvalue weighted by Gasteiger charge is 2.24. The minimum atomic E-state index is -1.18. The molecule has 2 rings (SSSR count). The fourth-order valence-electron chi connectivity index (χ4n) is 1.61. The summed E-state index contributed by atoms with van der Waals surface area (Å²) >= 11 is 0. The van der Waals surface area contributed by atoms with Gasteiger partial charge in [-0.2, -0.15) is 15.4 Å². The molecule has 8 heteroatoms. The molecule has 0 bridgehead atoms. The molecule has 0 atom stereocenters. The Bertz CT molecular complexity index is 627. The zero-order valence-corrected chi connectivity index (χ0v) is 9.91. The van der Waals surface area contributed by atoms with Gasteiger partial charge in [-0.05, 0) is 19.1 Å². The second-order valence-electron chi connectivity index (χ2n) is 3.55. The van der Waals surface area contributed by atoms with Crippen LogP contribution in [0.1, 0.15) is 17.4 Å². The van der Waals surface area contributed by atoms with Crippen LogP contribution in [0.4, 0.5) is 8.78 Å². The van der Waals surface area contributed by atoms with E-state index in [2.05, 4.69) is 15.4 Å². The first-order chi connectivity index (χ1) is 9.06. The predicted molar refractivity (Wildman–Crippen MR) is 61.4 cm³/mol. The van der Waals surface area contributed by atoms with Gasteiger partial charge >= 0.3 is 0 Å². The first kappa shape index (κ1) is 12.9. The third-order valence-corrected chi connectivity index (χ3v) is 2.37. The molecule has 1 aromatic heterocycles. The van der Waals surface area contributed by atoms with Crippen molar-refractivity contribution in [3.8, 4) is 17.0 Å². The number of H-pyrrole nitrogens is 1. The fourth-order valence-corrected chi connectivity index (χ4v) is 1.61. The topological polar surface area (TPSA) is 93.9 Å². The van der Waals surface area contributed by atoms with Crippen LogP contribution in [-0.4, -0.2) is 27.9 Å². The van der Waals surface area contributed by atoms with E-state index in [4.69, 9.17) is 10.5 Å². The number of ether oxygens (including phenoxy) is 1. The van der Waals surface area contributed by atoms with Gasteiger partial charge in [0.05, 0.1) is 12.2 Å². The second kappa shape index (κ2) is 5.01. The van der Waals surface area contributed by atoms with Crippen molar-refractivity contribution < 1.29 is 18.3 Å². The summed E-state index contributed by atoms with van der Waals surface area (Å²) in [6.07, 6.45) is 0. The van der Waals surface area contributed by atoms with Crippen molar-refractivity contribution in [2.75, 3.05) is 6.61 Å². The Balaban J connectivity index is 2.69. The van der Waals surface area contributed by atoms with Crippen molar-refractivity contribution in [1.82, 2.24) is 15.4 Å². The van der Waals surface area contributed by atoms with E-state index in [1.165, 1.54) is 6.07 Å². The summed E-state index contributed by atoms with van der Waals surface area (Å²) in [5.41, 5.74) is 4.33. The van der Waals surface area contributed by atoms with Crippen molar-refractivity contribution in [2.24, 2.45) is 5.73 Å². The van der Waals surface area contributed by atoms with Gasteiger partial charge in [0, 0.05) is 0 Å². The van der Waals surface area contributed by atoms with E-state index in [9.17, 15) is 13.6 Å². The summed E-state index contributed by atoms with van der Waals surface area (Å²) in [4.78, 5) is 11.2. The van der Waals surface area contributed by atoms with Gasteiger partial charge in [0.25, 0.3) is 5.91 Å². The number of nitrogens with one attached hydrogen (secondary N) is 1. The molecule has 0 saturated carbocycles. The average Bonchev–Trinajstić information content (AvgIpc) is 2.83. The highest BCUT2D eigenvalue weighted by Crippen LogP contribution is 2.34. The second-order valence-corrected chi connectivity index (χ2v) is 3.55. The number of carbonyl (C=O) groups is 1. The van der Waals surface area contributed by atoms with Gasteiger partial charge in [0.15, 0.2) is 17.3 Å². The van der Waals surface area contributed by atoms with Crippen LogP contribution in [0.5, 0.6) is 5.75 Å². The highest BCUT2D eigenvalue weighted by atomic mass is 19.2. The maximum absolute atomic E-state index is 13.9. The molecule has 1 aromatic carbocycles. The van der Waals surface area contributed by atoms with Crippen molar-refractivity contribution in [3.63, 3.8) is 0 Å². The molecule has 1 heterocycles. The third-order valence-electron chi connectivity index (χ3n) is 2.37. The molecule has 0 aliphatic carbocycles. The van der Waals surface area contributed by atoms with Gasteiger partial charge in [-0.15, -0.1) is 0 Å². The number of aromatic nitrogens is 3. The smallest absolute Gasteiger partial charge is 0.271 e. The van der Waals surface area contributed by atoms with Crippen molar-refractivity contribution >= 4 is 5.91 Å². The Morgan fingerprint density at radius 3 is 2.79 bits per heavy atom. The van der Waals surface area contributed by atoms with E-state index >= 15 is 0 Å². The summed E-state index contributed by atoms with van der Waals surface area (Å²) < 4.78 is 32.4. The predicted octanol–water partition coefficient (Wildman–Crippen LogP) is 1.25. The number of halogens is 2. The Labute approximate surface area is 106 Å². The summed E-state index contributed by atoms with van der Waals surface area (Å²) in [6.45, 7) is 1.92. The van der Waals surface area contributed by atoms with Gasteiger partial charge in [-0.25, -0.2) is 8.78 Å². The number of hydrogen-bond donors (Lipinski definition) is 2. The lowest BCUT2D eigenvalue weighted by Crippen LogP contribution is -2.13. The van der Waals surface area contributed by atoms with Crippen LogP contribution in [0.15, 0.2) is 12.1 Å². The minimum Gasteiger partial charge on any atom is -0.493 e. The van der Waals surface area contributed by atoms with Crippen molar-refractivity contribution in [1.29, 1.82) is 0 Å². The fraction of sp³-hybridized carbons (Fsp3) is 0.182. The van der Waals surface area contributed by atoms with E-state index < -0.39 is 17.5 Å². The van der Waals surface area contributed by atoms with Gasteiger partial charge in [-0.3, -0.25) is 4.79 Å². The lowest BCUT2D eigenvalue weighted by Gasteiger charge is -2.10. The van der Waals surface area contributed by atoms with Crippen LogP contribution in [0.25, 0.3) is 11.3 Å². The largest absolute Gasteiger partial charge is 0.493 e. The molecule has 0 aliphatic rings. The third kappa shape index (κ3) is 2.24. The molecule has 0 radical (unpaired) electrons. The molecule has 0 unspecified atom stereocenters. The highest BCUT2D eigenvalue weighted by molar-refractivity contribution is 5.97. The van der Waals surface area contributed by atoms with E-state index in [1.54, 1.807) is 6.92 Å². The maximum atomic E-state index is 13.9. The summed E-state index contributed by atoms with van der Waals surface area (Å²) in [5.74, 6) is -3.12. The first-order valence-corrected chi connectivity index (χ1v) is 5.38. The number of benzene rings is 1. The maximum Gasteiger partial charge on any atom is 0.271 e. The zero-order chi connectivity index (χ0) is 14.0. The van der Waals surface area contributed by atoms with Crippen molar-refractivity contribution in [3.05, 3.63) is 29.5 Å². The number of amides is 1. The van der Waals surface area contributed by atoms with Crippen LogP contribution in [0, 0.1) is 11.6 Å². The number of primary amides is 1. The number of nitrogens with zero attached hydrogens (tertiary/aromatic N) is 2. The quantitative estimate of drug-likeness (QED) is 0.872. The summed E-state index contributed by atoms with van der Waals surface area (Å²) in [5, 5.41) is 9.29. The Morgan fingerprint density at radius 2 is 2.16 bits per heavy atom. The van der Waals surface area contributed by atoms with Crippen LogP contribution in [-0.2, 0) is 0 Å². The molecule has 3 N–H and O–H groups in total. The summed E-state index contributed by atoms with van der Waals surface area (Å²) in [7, 11) is 0. The van der Waals surface area contributed by atoms with Crippen LogP contribution < -0.4 is 10.5 Å². The first-order valence-electron chi connectivity index (χ1n) is 5.38. The van der Waals surface area contributed by atoms with Gasteiger partial charge in [0.1, 0.15) is 11.4 Å². The lowest BCUT2D eigenvalue weighted by atomic mass is 10.1. The zero-order valence-electron chi connectivity index (χ0n) is 9.91. The number of aromatic amines is 1. The van der Waals surface area contributed by atoms with E-state index in [0.717, 1.165) is 6.07 Å². The Kier molecular flexibility index (Phi) is 3.41.